The molecule has 2 rings (SSSR count). The summed E-state index contributed by atoms with van der Waals surface area (Å²) in [6, 6.07) is 15.9. The Hall–Kier alpha value is -1.07. The summed E-state index contributed by atoms with van der Waals surface area (Å²) in [6.07, 6.45) is 1.15. The van der Waals surface area contributed by atoms with Crippen LogP contribution >= 0.6 is 22.6 Å². The van der Waals surface area contributed by atoms with Crippen molar-refractivity contribution in [1.82, 2.24) is 0 Å². The Bertz CT molecular complexity index is 520. The predicted molar refractivity (Wildman–Crippen MR) is 90.1 cm³/mol. The topological polar surface area (TPSA) is 29.5 Å². The van der Waals surface area contributed by atoms with Crippen LogP contribution in [0.3, 0.4) is 0 Å². The van der Waals surface area contributed by atoms with Crippen molar-refractivity contribution in [3.8, 4) is 5.75 Å². The molecule has 0 saturated carbocycles. The first kappa shape index (κ1) is 15.3. The molecule has 0 amide bonds. The summed E-state index contributed by atoms with van der Waals surface area (Å²) >= 11 is 2.28. The van der Waals surface area contributed by atoms with E-state index in [1.165, 1.54) is 3.57 Å². The third-order valence-corrected chi connectivity index (χ3v) is 3.80. The van der Waals surface area contributed by atoms with Gasteiger partial charge in [-0.15, -0.1) is 0 Å². The van der Waals surface area contributed by atoms with Gasteiger partial charge in [-0.1, -0.05) is 31.2 Å². The van der Waals surface area contributed by atoms with Crippen LogP contribution in [0.25, 0.3) is 0 Å². The zero-order valence-corrected chi connectivity index (χ0v) is 13.7. The molecule has 2 nitrogen and oxygen atoms in total. The first-order chi connectivity index (χ1) is 9.69. The minimum Gasteiger partial charge on any atom is -0.494 e. The zero-order valence-electron chi connectivity index (χ0n) is 11.6. The van der Waals surface area contributed by atoms with Crippen molar-refractivity contribution in [2.75, 3.05) is 6.61 Å². The van der Waals surface area contributed by atoms with Crippen molar-refractivity contribution in [2.45, 2.75) is 25.9 Å². The molecule has 106 valence electrons. The molecule has 0 aliphatic heterocycles. The summed E-state index contributed by atoms with van der Waals surface area (Å²) in [6.45, 7) is 2.81. The Balaban J connectivity index is 1.98. The summed E-state index contributed by atoms with van der Waals surface area (Å²) in [7, 11) is 0. The first-order valence-corrected chi connectivity index (χ1v) is 7.92. The van der Waals surface area contributed by atoms with Crippen molar-refractivity contribution < 1.29 is 9.84 Å². The highest BCUT2D eigenvalue weighted by molar-refractivity contribution is 14.1. The Morgan fingerprint density at radius 3 is 2.30 bits per heavy atom. The molecule has 1 atom stereocenters. The fraction of sp³-hybridized carbons (Fsp3) is 0.294. The maximum Gasteiger partial charge on any atom is 0.119 e. The second-order valence-electron chi connectivity index (χ2n) is 4.76. The van der Waals surface area contributed by atoms with Crippen molar-refractivity contribution >= 4 is 22.6 Å². The standard InChI is InChI=1S/C17H19IO2/c1-2-11-20-16-9-5-14(6-10-16)17(19)12-13-3-7-15(18)8-4-13/h3-10,17,19H,2,11-12H2,1H3. The van der Waals surface area contributed by atoms with Crippen molar-refractivity contribution in [3.05, 3.63) is 63.2 Å². The van der Waals surface area contributed by atoms with Crippen LogP contribution in [-0.4, -0.2) is 11.7 Å². The second kappa shape index (κ2) is 7.64. The van der Waals surface area contributed by atoms with Gasteiger partial charge in [-0.3, -0.25) is 0 Å². The highest BCUT2D eigenvalue weighted by atomic mass is 127. The fourth-order valence-corrected chi connectivity index (χ4v) is 2.33. The van der Waals surface area contributed by atoms with Crippen LogP contribution in [0.4, 0.5) is 0 Å². The van der Waals surface area contributed by atoms with Crippen molar-refractivity contribution in [3.63, 3.8) is 0 Å². The molecular weight excluding hydrogens is 363 g/mol. The molecule has 1 unspecified atom stereocenters. The van der Waals surface area contributed by atoms with E-state index in [1.807, 2.05) is 24.3 Å². The van der Waals surface area contributed by atoms with Crippen LogP contribution in [0.1, 0.15) is 30.6 Å². The Labute approximate surface area is 133 Å². The Morgan fingerprint density at radius 1 is 1.05 bits per heavy atom. The summed E-state index contributed by atoms with van der Waals surface area (Å²) in [5.74, 6) is 0.858. The number of aliphatic hydroxyl groups is 1. The van der Waals surface area contributed by atoms with Crippen LogP contribution in [0.15, 0.2) is 48.5 Å². The van der Waals surface area contributed by atoms with Gasteiger partial charge in [0.2, 0.25) is 0 Å². The van der Waals surface area contributed by atoms with E-state index in [1.54, 1.807) is 0 Å². The molecule has 0 bridgehead atoms. The van der Waals surface area contributed by atoms with Gasteiger partial charge in [-0.05, 0) is 64.4 Å². The monoisotopic (exact) mass is 382 g/mol. The van der Waals surface area contributed by atoms with Crippen molar-refractivity contribution in [1.29, 1.82) is 0 Å². The molecule has 0 radical (unpaired) electrons. The summed E-state index contributed by atoms with van der Waals surface area (Å²) < 4.78 is 6.75. The molecule has 2 aromatic rings. The van der Waals surface area contributed by atoms with Gasteiger partial charge in [0.25, 0.3) is 0 Å². The summed E-state index contributed by atoms with van der Waals surface area (Å²) in [4.78, 5) is 0. The van der Waals surface area contributed by atoms with Gasteiger partial charge in [0.1, 0.15) is 5.75 Å². The Morgan fingerprint density at radius 2 is 1.70 bits per heavy atom. The molecular formula is C17H19IO2. The molecule has 20 heavy (non-hydrogen) atoms. The number of aliphatic hydroxyl groups excluding tert-OH is 1. The number of hydrogen-bond donors (Lipinski definition) is 1. The van der Waals surface area contributed by atoms with Crippen LogP contribution in [-0.2, 0) is 6.42 Å². The molecule has 0 fully saturated rings. The molecule has 3 heteroatoms. The zero-order chi connectivity index (χ0) is 14.4. The van der Waals surface area contributed by atoms with E-state index in [9.17, 15) is 5.11 Å². The van der Waals surface area contributed by atoms with Gasteiger partial charge in [-0.2, -0.15) is 0 Å². The molecule has 0 spiro atoms. The molecule has 0 saturated heterocycles. The minimum atomic E-state index is -0.477. The Kier molecular flexibility index (Phi) is 5.86. The third kappa shape index (κ3) is 4.49. The number of ether oxygens (including phenoxy) is 1. The highest BCUT2D eigenvalue weighted by Gasteiger charge is 2.08. The SMILES string of the molecule is CCCOc1ccc(C(O)Cc2ccc(I)cc2)cc1. The molecule has 1 N–H and O–H groups in total. The van der Waals surface area contributed by atoms with E-state index in [4.69, 9.17) is 4.74 Å². The van der Waals surface area contributed by atoms with Crippen LogP contribution in [0.2, 0.25) is 0 Å². The molecule has 0 aliphatic carbocycles. The summed E-state index contributed by atoms with van der Waals surface area (Å²) in [5, 5.41) is 10.3. The lowest BCUT2D eigenvalue weighted by atomic mass is 10.0. The van der Waals surface area contributed by atoms with E-state index in [0.29, 0.717) is 6.42 Å². The molecule has 0 aliphatic rings. The molecule has 0 heterocycles. The van der Waals surface area contributed by atoms with Crippen LogP contribution in [0, 0.1) is 3.57 Å². The van der Waals surface area contributed by atoms with E-state index in [2.05, 4.69) is 53.8 Å². The van der Waals surface area contributed by atoms with E-state index in [-0.39, 0.29) is 0 Å². The van der Waals surface area contributed by atoms with Gasteiger partial charge in [0.15, 0.2) is 0 Å². The first-order valence-electron chi connectivity index (χ1n) is 6.84. The summed E-state index contributed by atoms with van der Waals surface area (Å²) in [5.41, 5.74) is 2.07. The fourth-order valence-electron chi connectivity index (χ4n) is 1.97. The minimum absolute atomic E-state index is 0.477. The lowest BCUT2D eigenvalue weighted by molar-refractivity contribution is 0.178. The third-order valence-electron chi connectivity index (χ3n) is 3.08. The smallest absolute Gasteiger partial charge is 0.119 e. The van der Waals surface area contributed by atoms with Crippen molar-refractivity contribution in [2.24, 2.45) is 0 Å². The number of hydrogen-bond acceptors (Lipinski definition) is 2. The van der Waals surface area contributed by atoms with Crippen LogP contribution < -0.4 is 4.74 Å². The number of halogens is 1. The lowest BCUT2D eigenvalue weighted by Gasteiger charge is -2.12. The quantitative estimate of drug-likeness (QED) is 0.753. The second-order valence-corrected chi connectivity index (χ2v) is 6.01. The van der Waals surface area contributed by atoms with Gasteiger partial charge in [0, 0.05) is 9.99 Å². The largest absolute Gasteiger partial charge is 0.494 e. The average Bonchev–Trinajstić information content (AvgIpc) is 2.48. The maximum atomic E-state index is 10.3. The highest BCUT2D eigenvalue weighted by Crippen LogP contribution is 2.21. The van der Waals surface area contributed by atoms with Gasteiger partial charge >= 0.3 is 0 Å². The number of rotatable bonds is 6. The normalized spacial score (nSPS) is 12.2. The van der Waals surface area contributed by atoms with Gasteiger partial charge < -0.3 is 9.84 Å². The van der Waals surface area contributed by atoms with Crippen LogP contribution in [0.5, 0.6) is 5.75 Å². The van der Waals surface area contributed by atoms with E-state index in [0.717, 1.165) is 29.9 Å². The molecule has 0 aromatic heterocycles. The molecule has 2 aromatic carbocycles. The number of benzene rings is 2. The predicted octanol–water partition coefficient (Wildman–Crippen LogP) is 4.36. The average molecular weight is 382 g/mol. The van der Waals surface area contributed by atoms with E-state index >= 15 is 0 Å². The maximum absolute atomic E-state index is 10.3. The lowest BCUT2D eigenvalue weighted by Crippen LogP contribution is -2.02. The van der Waals surface area contributed by atoms with Gasteiger partial charge in [-0.25, -0.2) is 0 Å². The van der Waals surface area contributed by atoms with E-state index < -0.39 is 6.10 Å². The van der Waals surface area contributed by atoms with Gasteiger partial charge in [0.05, 0.1) is 12.7 Å².